The van der Waals surface area contributed by atoms with Gasteiger partial charge in [0.25, 0.3) is 5.91 Å². The van der Waals surface area contributed by atoms with Crippen LogP contribution in [-0.2, 0) is 4.79 Å². The van der Waals surface area contributed by atoms with Crippen molar-refractivity contribution in [2.75, 3.05) is 0 Å². The summed E-state index contributed by atoms with van der Waals surface area (Å²) in [6, 6.07) is 1.01. The Morgan fingerprint density at radius 1 is 1.05 bits per heavy atom. The fraction of sp³-hybridized carbons (Fsp3) is 0.655. The van der Waals surface area contributed by atoms with Crippen molar-refractivity contribution in [1.82, 2.24) is 35.5 Å². The van der Waals surface area contributed by atoms with Crippen molar-refractivity contribution < 1.29 is 27.4 Å². The second kappa shape index (κ2) is 10.0. The highest BCUT2D eigenvalue weighted by atomic mass is 19.3. The maximum Gasteiger partial charge on any atom is 0.276 e. The van der Waals surface area contributed by atoms with Crippen molar-refractivity contribution in [1.29, 1.82) is 0 Å². The summed E-state index contributed by atoms with van der Waals surface area (Å²) in [4.78, 5) is 30.8. The number of hydrogen-bond acceptors (Lipinski definition) is 7. The largest absolute Gasteiger partial charge is 0.349 e. The summed E-state index contributed by atoms with van der Waals surface area (Å²) in [5.74, 6) is -2.85. The van der Waals surface area contributed by atoms with Crippen LogP contribution in [0.4, 0.5) is 13.2 Å². The van der Waals surface area contributed by atoms with E-state index in [4.69, 9.17) is 4.98 Å². The van der Waals surface area contributed by atoms with E-state index in [-0.39, 0.29) is 55.2 Å². The summed E-state index contributed by atoms with van der Waals surface area (Å²) in [5, 5.41) is 18.0. The molecule has 8 rings (SSSR count). The van der Waals surface area contributed by atoms with Gasteiger partial charge in [-0.1, -0.05) is 5.16 Å². The third-order valence-corrected chi connectivity index (χ3v) is 9.83. The van der Waals surface area contributed by atoms with E-state index in [0.717, 1.165) is 18.4 Å². The molecule has 0 aliphatic heterocycles. The molecule has 5 aliphatic rings. The zero-order valence-corrected chi connectivity index (χ0v) is 23.4. The van der Waals surface area contributed by atoms with Gasteiger partial charge in [0.15, 0.2) is 11.3 Å². The summed E-state index contributed by atoms with van der Waals surface area (Å²) < 4.78 is 48.6. The zero-order valence-electron chi connectivity index (χ0n) is 23.4. The van der Waals surface area contributed by atoms with Gasteiger partial charge in [0, 0.05) is 19.3 Å². The molecule has 2 N–H and O–H groups in total. The summed E-state index contributed by atoms with van der Waals surface area (Å²) in [7, 11) is 0. The number of rotatable bonds is 9. The third kappa shape index (κ3) is 5.26. The summed E-state index contributed by atoms with van der Waals surface area (Å²) in [5.41, 5.74) is 1.16. The van der Waals surface area contributed by atoms with E-state index >= 15 is 0 Å². The second-order valence-corrected chi connectivity index (χ2v) is 13.0. The van der Waals surface area contributed by atoms with Gasteiger partial charge >= 0.3 is 0 Å². The molecule has 0 spiro atoms. The highest BCUT2D eigenvalue weighted by molar-refractivity contribution is 5.93. The van der Waals surface area contributed by atoms with Gasteiger partial charge in [-0.2, -0.15) is 5.10 Å². The van der Waals surface area contributed by atoms with Crippen molar-refractivity contribution in [3.8, 4) is 0 Å². The number of fused-ring (bicyclic) bond motifs is 2. The Morgan fingerprint density at radius 3 is 2.43 bits per heavy atom. The highest BCUT2D eigenvalue weighted by Gasteiger charge is 2.57. The fourth-order valence-corrected chi connectivity index (χ4v) is 7.33. The van der Waals surface area contributed by atoms with Gasteiger partial charge in [-0.25, -0.2) is 27.3 Å². The first-order chi connectivity index (χ1) is 20.1. The first kappa shape index (κ1) is 27.3. The van der Waals surface area contributed by atoms with Crippen LogP contribution in [0.1, 0.15) is 104 Å². The third-order valence-electron chi connectivity index (χ3n) is 9.83. The van der Waals surface area contributed by atoms with Gasteiger partial charge in [0.2, 0.25) is 11.8 Å². The van der Waals surface area contributed by atoms with E-state index < -0.39 is 23.5 Å². The predicted molar refractivity (Wildman–Crippen MR) is 142 cm³/mol. The van der Waals surface area contributed by atoms with E-state index in [1.807, 2.05) is 6.07 Å². The van der Waals surface area contributed by atoms with Crippen LogP contribution in [0.15, 0.2) is 23.1 Å². The molecule has 0 radical (unpaired) electrons. The van der Waals surface area contributed by atoms with Crippen molar-refractivity contribution in [2.24, 2.45) is 23.7 Å². The molecule has 10 nitrogen and oxygen atoms in total. The van der Waals surface area contributed by atoms with Gasteiger partial charge in [-0.15, -0.1) is 0 Å². The monoisotopic (exact) mass is 585 g/mol. The number of alkyl halides is 3. The molecule has 5 fully saturated rings. The van der Waals surface area contributed by atoms with Crippen LogP contribution < -0.4 is 10.6 Å². The molecule has 0 aromatic carbocycles. The lowest BCUT2D eigenvalue weighted by Crippen LogP contribution is -2.37. The quantitative estimate of drug-likeness (QED) is 0.369. The SMILES string of the molecule is Cc1nonc1C(=O)N[C@H](c1cn2ncc([C@H](NC(=O)CC3C[C@]4(F)C[C@@H]3C4)C3CC3)cc2n1)C1CCC(F)(F)CC1. The van der Waals surface area contributed by atoms with Gasteiger partial charge in [-0.3, -0.25) is 9.59 Å². The Kier molecular flexibility index (Phi) is 6.54. The maximum absolute atomic E-state index is 14.3. The lowest BCUT2D eigenvalue weighted by molar-refractivity contribution is -0.123. The summed E-state index contributed by atoms with van der Waals surface area (Å²) in [6.07, 6.45) is 7.30. The van der Waals surface area contributed by atoms with Crippen LogP contribution in [0.25, 0.3) is 5.65 Å². The van der Waals surface area contributed by atoms with Crippen molar-refractivity contribution in [3.63, 3.8) is 0 Å². The Bertz CT molecular complexity index is 1500. The van der Waals surface area contributed by atoms with Crippen molar-refractivity contribution >= 4 is 17.5 Å². The summed E-state index contributed by atoms with van der Waals surface area (Å²) >= 11 is 0. The van der Waals surface area contributed by atoms with Crippen LogP contribution in [-0.4, -0.2) is 48.3 Å². The highest BCUT2D eigenvalue weighted by Crippen LogP contribution is 2.59. The Balaban J connectivity index is 1.12. The molecule has 2 amide bonds. The van der Waals surface area contributed by atoms with E-state index in [0.29, 0.717) is 54.6 Å². The molecule has 3 aromatic heterocycles. The predicted octanol–water partition coefficient (Wildman–Crippen LogP) is 4.81. The molecule has 5 saturated carbocycles. The van der Waals surface area contributed by atoms with Crippen molar-refractivity contribution in [3.05, 3.63) is 41.1 Å². The molecule has 2 bridgehead atoms. The Morgan fingerprint density at radius 2 is 1.79 bits per heavy atom. The normalized spacial score (nSPS) is 28.3. The van der Waals surface area contributed by atoms with Gasteiger partial charge in [-0.05, 0) is 92.3 Å². The van der Waals surface area contributed by atoms with Crippen LogP contribution >= 0.6 is 0 Å². The fourth-order valence-electron chi connectivity index (χ4n) is 7.33. The lowest BCUT2D eigenvalue weighted by atomic mass is 9.80. The molecule has 42 heavy (non-hydrogen) atoms. The van der Waals surface area contributed by atoms with E-state index in [9.17, 15) is 22.8 Å². The molecule has 3 aromatic rings. The van der Waals surface area contributed by atoms with Crippen LogP contribution in [0.5, 0.6) is 0 Å². The second-order valence-electron chi connectivity index (χ2n) is 13.0. The van der Waals surface area contributed by atoms with E-state index in [1.54, 1.807) is 23.8 Å². The molecular formula is C29H34F3N7O3. The number of hydrogen-bond donors (Lipinski definition) is 2. The van der Waals surface area contributed by atoms with Crippen molar-refractivity contribution in [2.45, 2.75) is 94.8 Å². The van der Waals surface area contributed by atoms with E-state index in [2.05, 4.69) is 30.7 Å². The minimum absolute atomic E-state index is 0.0322. The maximum atomic E-state index is 14.3. The number of aryl methyl sites for hydroxylation is 1. The molecule has 0 saturated heterocycles. The molecule has 3 heterocycles. The van der Waals surface area contributed by atoms with Gasteiger partial charge in [0.1, 0.15) is 11.4 Å². The smallest absolute Gasteiger partial charge is 0.276 e. The molecule has 1 unspecified atom stereocenters. The Hall–Kier alpha value is -3.51. The number of nitrogens with one attached hydrogen (secondary N) is 2. The summed E-state index contributed by atoms with van der Waals surface area (Å²) in [6.45, 7) is 1.60. The number of amides is 2. The first-order valence-electron chi connectivity index (χ1n) is 14.9. The topological polar surface area (TPSA) is 127 Å². The number of imidazole rings is 1. The average Bonchev–Trinajstić information content (AvgIpc) is 3.23. The minimum atomic E-state index is -2.72. The molecule has 3 atom stereocenters. The Labute approximate surface area is 240 Å². The minimum Gasteiger partial charge on any atom is -0.349 e. The van der Waals surface area contributed by atoms with Gasteiger partial charge in [0.05, 0.1) is 30.2 Å². The number of carbonyl (C=O) groups excluding carboxylic acids is 2. The number of carbonyl (C=O) groups is 2. The van der Waals surface area contributed by atoms with E-state index in [1.165, 1.54) is 0 Å². The number of nitrogens with zero attached hydrogens (tertiary/aromatic N) is 5. The van der Waals surface area contributed by atoms with Crippen LogP contribution in [0.2, 0.25) is 0 Å². The van der Waals surface area contributed by atoms with Crippen LogP contribution in [0.3, 0.4) is 0 Å². The van der Waals surface area contributed by atoms with Crippen LogP contribution in [0, 0.1) is 30.6 Å². The zero-order chi connectivity index (χ0) is 29.2. The molecular weight excluding hydrogens is 551 g/mol. The lowest BCUT2D eigenvalue weighted by Gasteiger charge is -2.33. The first-order valence-corrected chi connectivity index (χ1v) is 14.9. The standard InChI is InChI=1S/C29H34F3N7O3/c1-15-24(38-42-37-15)27(41)36-26(17-4-6-29(31,32)7-5-17)21-14-39-22(34-21)8-19(13-33-39)25(16-2-3-16)35-23(40)9-18-10-28(30)11-20(18)12-28/h8,13-14,16-18,20,25-26H,2-7,9-12H2,1H3,(H,35,40)(H,36,41)/t18?,20-,25-,26+,28+/m1/s1. The average molecular weight is 586 g/mol. The molecule has 224 valence electrons. The molecule has 13 heteroatoms. The van der Waals surface area contributed by atoms with Gasteiger partial charge < -0.3 is 10.6 Å². The number of aromatic nitrogens is 5. The molecule has 5 aliphatic carbocycles. The number of halogens is 3.